The lowest BCUT2D eigenvalue weighted by atomic mass is 9.76. The Kier molecular flexibility index (Phi) is 4.62. The third-order valence-corrected chi connectivity index (χ3v) is 4.66. The molecule has 18 heavy (non-hydrogen) atoms. The van der Waals surface area contributed by atoms with Crippen molar-refractivity contribution in [1.82, 2.24) is 4.90 Å². The molecule has 1 aliphatic heterocycles. The number of rotatable bonds is 3. The van der Waals surface area contributed by atoms with Crippen molar-refractivity contribution in [3.8, 4) is 0 Å². The molecule has 2 fully saturated rings. The summed E-state index contributed by atoms with van der Waals surface area (Å²) in [5.41, 5.74) is 0. The van der Waals surface area contributed by atoms with E-state index in [1.165, 1.54) is 6.42 Å². The Morgan fingerprint density at radius 2 is 2.22 bits per heavy atom. The van der Waals surface area contributed by atoms with Gasteiger partial charge in [-0.05, 0) is 32.1 Å². The summed E-state index contributed by atoms with van der Waals surface area (Å²) in [5, 5.41) is 9.43. The van der Waals surface area contributed by atoms with Crippen LogP contribution in [0.3, 0.4) is 0 Å². The van der Waals surface area contributed by atoms with Crippen LogP contribution in [-0.2, 0) is 9.53 Å². The van der Waals surface area contributed by atoms with Crippen molar-refractivity contribution in [2.24, 2.45) is 11.8 Å². The van der Waals surface area contributed by atoms with E-state index in [0.717, 1.165) is 39.0 Å². The fourth-order valence-corrected chi connectivity index (χ4v) is 3.49. The van der Waals surface area contributed by atoms with Crippen LogP contribution in [-0.4, -0.2) is 47.8 Å². The van der Waals surface area contributed by atoms with Gasteiger partial charge in [-0.3, -0.25) is 9.69 Å². The van der Waals surface area contributed by atoms with Crippen molar-refractivity contribution in [1.29, 1.82) is 0 Å². The second-order valence-electron chi connectivity index (χ2n) is 5.76. The van der Waals surface area contributed by atoms with E-state index in [1.807, 2.05) is 0 Å². The predicted octanol–water partition coefficient (Wildman–Crippen LogP) is 1.99. The van der Waals surface area contributed by atoms with Crippen LogP contribution in [0.4, 0.5) is 0 Å². The molecule has 1 N–H and O–H groups in total. The molecule has 0 aromatic rings. The van der Waals surface area contributed by atoms with Gasteiger partial charge in [-0.25, -0.2) is 0 Å². The quantitative estimate of drug-likeness (QED) is 0.838. The molecule has 4 unspecified atom stereocenters. The van der Waals surface area contributed by atoms with E-state index in [-0.39, 0.29) is 12.0 Å². The van der Waals surface area contributed by atoms with E-state index < -0.39 is 5.97 Å². The van der Waals surface area contributed by atoms with E-state index in [4.69, 9.17) is 4.74 Å². The molecule has 1 aliphatic carbocycles. The second kappa shape index (κ2) is 6.02. The molecule has 4 nitrogen and oxygen atoms in total. The van der Waals surface area contributed by atoms with Crippen LogP contribution in [0.25, 0.3) is 0 Å². The van der Waals surface area contributed by atoms with Gasteiger partial charge in [0.25, 0.3) is 0 Å². The summed E-state index contributed by atoms with van der Waals surface area (Å²) in [7, 11) is 0. The van der Waals surface area contributed by atoms with Gasteiger partial charge in [0.15, 0.2) is 0 Å². The normalized spacial score (nSPS) is 38.6. The fraction of sp³-hybridized carbons (Fsp3) is 0.929. The Morgan fingerprint density at radius 1 is 1.44 bits per heavy atom. The first-order valence-corrected chi connectivity index (χ1v) is 7.19. The monoisotopic (exact) mass is 255 g/mol. The third-order valence-electron chi connectivity index (χ3n) is 4.66. The highest BCUT2D eigenvalue weighted by atomic mass is 16.5. The Hall–Kier alpha value is -0.610. The number of carboxylic acid groups (broad SMARTS) is 1. The molecular formula is C14H25NO3. The minimum absolute atomic E-state index is 0.187. The van der Waals surface area contributed by atoms with Crippen molar-refractivity contribution >= 4 is 5.97 Å². The summed E-state index contributed by atoms with van der Waals surface area (Å²) >= 11 is 0. The van der Waals surface area contributed by atoms with Gasteiger partial charge < -0.3 is 9.84 Å². The Labute approximate surface area is 109 Å². The zero-order valence-corrected chi connectivity index (χ0v) is 11.5. The lowest BCUT2D eigenvalue weighted by molar-refractivity contribution is -0.148. The topological polar surface area (TPSA) is 49.8 Å². The molecule has 1 heterocycles. The summed E-state index contributed by atoms with van der Waals surface area (Å²) in [5.74, 6) is -0.109. The van der Waals surface area contributed by atoms with Crippen LogP contribution in [0.15, 0.2) is 0 Å². The lowest BCUT2D eigenvalue weighted by Gasteiger charge is -2.45. The van der Waals surface area contributed by atoms with Gasteiger partial charge in [0, 0.05) is 18.6 Å². The molecule has 0 radical (unpaired) electrons. The number of carbonyl (C=O) groups is 1. The van der Waals surface area contributed by atoms with E-state index in [2.05, 4.69) is 18.7 Å². The fourth-order valence-electron chi connectivity index (χ4n) is 3.49. The van der Waals surface area contributed by atoms with Gasteiger partial charge in [-0.1, -0.05) is 13.3 Å². The third kappa shape index (κ3) is 2.86. The van der Waals surface area contributed by atoms with E-state index >= 15 is 0 Å². The summed E-state index contributed by atoms with van der Waals surface area (Å²) in [6.45, 7) is 6.72. The standard InChI is InChI=1S/C14H25NO3/c1-3-11-4-5-12(14(16)17)13(8-11)15-6-7-18-9-10(15)2/h10-13H,3-9H2,1-2H3,(H,16,17). The average Bonchev–Trinajstić information content (AvgIpc) is 2.38. The maximum Gasteiger partial charge on any atom is 0.308 e. The van der Waals surface area contributed by atoms with E-state index in [0.29, 0.717) is 12.0 Å². The van der Waals surface area contributed by atoms with Crippen molar-refractivity contribution in [3.05, 3.63) is 0 Å². The molecule has 4 heteroatoms. The zero-order valence-electron chi connectivity index (χ0n) is 11.5. The van der Waals surface area contributed by atoms with Crippen LogP contribution >= 0.6 is 0 Å². The van der Waals surface area contributed by atoms with Crippen LogP contribution in [0, 0.1) is 11.8 Å². The van der Waals surface area contributed by atoms with E-state index in [9.17, 15) is 9.90 Å². The van der Waals surface area contributed by atoms with Crippen LogP contribution < -0.4 is 0 Å². The van der Waals surface area contributed by atoms with Crippen LogP contribution in [0.2, 0.25) is 0 Å². The summed E-state index contributed by atoms with van der Waals surface area (Å²) in [6, 6.07) is 0.557. The molecule has 2 rings (SSSR count). The minimum atomic E-state index is -0.617. The zero-order chi connectivity index (χ0) is 13.1. The number of aliphatic carboxylic acids is 1. The highest BCUT2D eigenvalue weighted by molar-refractivity contribution is 5.71. The largest absolute Gasteiger partial charge is 0.481 e. The molecule has 0 amide bonds. The van der Waals surface area contributed by atoms with Crippen molar-refractivity contribution in [3.63, 3.8) is 0 Å². The molecule has 4 atom stereocenters. The maximum absolute atomic E-state index is 11.5. The van der Waals surface area contributed by atoms with Crippen molar-refractivity contribution in [2.45, 2.75) is 51.6 Å². The SMILES string of the molecule is CCC1CCC(C(=O)O)C(N2CCOCC2C)C1. The number of nitrogens with zero attached hydrogens (tertiary/aromatic N) is 1. The smallest absolute Gasteiger partial charge is 0.308 e. The molecule has 1 saturated carbocycles. The molecular weight excluding hydrogens is 230 g/mol. The van der Waals surface area contributed by atoms with Gasteiger partial charge in [-0.2, -0.15) is 0 Å². The number of hydrogen-bond donors (Lipinski definition) is 1. The Bertz CT molecular complexity index is 295. The molecule has 0 aromatic carbocycles. The molecule has 2 aliphatic rings. The van der Waals surface area contributed by atoms with Gasteiger partial charge in [0.2, 0.25) is 0 Å². The predicted molar refractivity (Wildman–Crippen MR) is 69.5 cm³/mol. The van der Waals surface area contributed by atoms with Crippen LogP contribution in [0.5, 0.6) is 0 Å². The number of ether oxygens (including phenoxy) is 1. The van der Waals surface area contributed by atoms with Crippen molar-refractivity contribution in [2.75, 3.05) is 19.8 Å². The summed E-state index contributed by atoms with van der Waals surface area (Å²) in [6.07, 6.45) is 4.12. The van der Waals surface area contributed by atoms with Gasteiger partial charge in [0.05, 0.1) is 19.1 Å². The number of morpholine rings is 1. The molecule has 104 valence electrons. The lowest BCUT2D eigenvalue weighted by Crippen LogP contribution is -2.55. The first-order valence-electron chi connectivity index (χ1n) is 7.19. The molecule has 0 spiro atoms. The second-order valence-corrected chi connectivity index (χ2v) is 5.76. The summed E-state index contributed by atoms with van der Waals surface area (Å²) in [4.78, 5) is 13.8. The first-order chi connectivity index (χ1) is 8.63. The number of hydrogen-bond acceptors (Lipinski definition) is 3. The Morgan fingerprint density at radius 3 is 2.83 bits per heavy atom. The first kappa shape index (κ1) is 13.8. The Balaban J connectivity index is 2.10. The van der Waals surface area contributed by atoms with E-state index in [1.54, 1.807) is 0 Å². The van der Waals surface area contributed by atoms with Gasteiger partial charge >= 0.3 is 5.97 Å². The van der Waals surface area contributed by atoms with Crippen LogP contribution in [0.1, 0.15) is 39.5 Å². The van der Waals surface area contributed by atoms with Gasteiger partial charge in [-0.15, -0.1) is 0 Å². The number of carboxylic acids is 1. The van der Waals surface area contributed by atoms with Gasteiger partial charge in [0.1, 0.15) is 0 Å². The summed E-state index contributed by atoms with van der Waals surface area (Å²) < 4.78 is 5.46. The molecule has 0 bridgehead atoms. The van der Waals surface area contributed by atoms with Crippen molar-refractivity contribution < 1.29 is 14.6 Å². The minimum Gasteiger partial charge on any atom is -0.481 e. The maximum atomic E-state index is 11.5. The molecule has 1 saturated heterocycles. The molecule has 0 aromatic heterocycles. The highest BCUT2D eigenvalue weighted by Gasteiger charge is 2.40. The highest BCUT2D eigenvalue weighted by Crippen LogP contribution is 2.35. The average molecular weight is 255 g/mol.